The van der Waals surface area contributed by atoms with Crippen LogP contribution >= 0.6 is 0 Å². The molecule has 0 fully saturated rings. The van der Waals surface area contributed by atoms with E-state index in [2.05, 4.69) is 5.32 Å². The Hall–Kier alpha value is -0.870. The standard InChI is InChI=1S/C14H23NO2S/c1-4-15-14(12(2)3)11-18(16,17)10-13-8-6-5-7-9-13/h5-9,12,14-15H,4,10-11H2,1-3H3. The van der Waals surface area contributed by atoms with Gasteiger partial charge in [-0.1, -0.05) is 51.1 Å². The third-order valence-corrected chi connectivity index (χ3v) is 4.57. The first-order valence-electron chi connectivity index (χ1n) is 6.42. The van der Waals surface area contributed by atoms with Gasteiger partial charge in [0, 0.05) is 6.04 Å². The van der Waals surface area contributed by atoms with Crippen molar-refractivity contribution in [2.24, 2.45) is 5.92 Å². The van der Waals surface area contributed by atoms with Crippen LogP contribution in [-0.4, -0.2) is 26.8 Å². The van der Waals surface area contributed by atoms with Crippen LogP contribution in [0.4, 0.5) is 0 Å². The monoisotopic (exact) mass is 269 g/mol. The molecule has 3 nitrogen and oxygen atoms in total. The Kier molecular flexibility index (Phi) is 5.82. The molecular formula is C14H23NO2S. The summed E-state index contributed by atoms with van der Waals surface area (Å²) in [6.07, 6.45) is 0. The molecule has 1 aromatic carbocycles. The summed E-state index contributed by atoms with van der Waals surface area (Å²) in [4.78, 5) is 0. The van der Waals surface area contributed by atoms with Gasteiger partial charge >= 0.3 is 0 Å². The molecule has 1 atom stereocenters. The van der Waals surface area contributed by atoms with Gasteiger partial charge in [-0.2, -0.15) is 0 Å². The van der Waals surface area contributed by atoms with E-state index in [-0.39, 0.29) is 17.5 Å². The van der Waals surface area contributed by atoms with Gasteiger partial charge in [-0.15, -0.1) is 0 Å². The zero-order valence-corrected chi connectivity index (χ0v) is 12.2. The number of hydrogen-bond acceptors (Lipinski definition) is 3. The van der Waals surface area contributed by atoms with Gasteiger partial charge in [0.25, 0.3) is 0 Å². The third-order valence-electron chi connectivity index (χ3n) is 2.93. The molecule has 0 amide bonds. The van der Waals surface area contributed by atoms with Gasteiger partial charge in [0.15, 0.2) is 9.84 Å². The molecule has 0 aromatic heterocycles. The lowest BCUT2D eigenvalue weighted by Crippen LogP contribution is -2.40. The van der Waals surface area contributed by atoms with E-state index in [1.54, 1.807) is 0 Å². The number of sulfone groups is 1. The lowest BCUT2D eigenvalue weighted by Gasteiger charge is -2.21. The topological polar surface area (TPSA) is 46.2 Å². The van der Waals surface area contributed by atoms with E-state index >= 15 is 0 Å². The first-order chi connectivity index (χ1) is 8.44. The van der Waals surface area contributed by atoms with E-state index < -0.39 is 9.84 Å². The van der Waals surface area contributed by atoms with Crippen LogP contribution in [0.15, 0.2) is 30.3 Å². The fourth-order valence-corrected chi connectivity index (χ4v) is 3.78. The third kappa shape index (κ3) is 5.19. The van der Waals surface area contributed by atoms with Crippen LogP contribution in [0.1, 0.15) is 26.3 Å². The molecule has 1 unspecified atom stereocenters. The lowest BCUT2D eigenvalue weighted by atomic mass is 10.1. The minimum absolute atomic E-state index is 0.0312. The Balaban J connectivity index is 2.69. The fourth-order valence-electron chi connectivity index (χ4n) is 1.91. The second-order valence-electron chi connectivity index (χ2n) is 4.95. The van der Waals surface area contributed by atoms with E-state index in [1.165, 1.54) is 0 Å². The van der Waals surface area contributed by atoms with Crippen molar-refractivity contribution in [2.75, 3.05) is 12.3 Å². The summed E-state index contributed by atoms with van der Waals surface area (Å²) >= 11 is 0. The smallest absolute Gasteiger partial charge is 0.155 e. The Bertz CT molecular complexity index is 440. The van der Waals surface area contributed by atoms with Crippen LogP contribution < -0.4 is 5.32 Å². The van der Waals surface area contributed by atoms with Crippen molar-refractivity contribution in [3.63, 3.8) is 0 Å². The summed E-state index contributed by atoms with van der Waals surface area (Å²) in [6, 6.07) is 9.38. The normalized spacial score (nSPS) is 13.8. The molecule has 0 aliphatic heterocycles. The highest BCUT2D eigenvalue weighted by Crippen LogP contribution is 2.11. The molecule has 102 valence electrons. The first-order valence-corrected chi connectivity index (χ1v) is 8.24. The van der Waals surface area contributed by atoms with Crippen molar-refractivity contribution in [3.05, 3.63) is 35.9 Å². The molecule has 1 aromatic rings. The van der Waals surface area contributed by atoms with Gasteiger partial charge in [-0.25, -0.2) is 8.42 Å². The largest absolute Gasteiger partial charge is 0.313 e. The van der Waals surface area contributed by atoms with E-state index in [0.29, 0.717) is 5.92 Å². The minimum atomic E-state index is -3.06. The second-order valence-corrected chi connectivity index (χ2v) is 7.06. The molecular weight excluding hydrogens is 246 g/mol. The second kappa shape index (κ2) is 6.90. The average molecular weight is 269 g/mol. The van der Waals surface area contributed by atoms with Crippen molar-refractivity contribution in [1.82, 2.24) is 5.32 Å². The first kappa shape index (κ1) is 15.2. The summed E-state index contributed by atoms with van der Waals surface area (Å²) in [5.41, 5.74) is 0.858. The molecule has 1 rings (SSSR count). The maximum atomic E-state index is 12.1. The van der Waals surface area contributed by atoms with Gasteiger partial charge in [0.2, 0.25) is 0 Å². The predicted molar refractivity (Wildman–Crippen MR) is 76.2 cm³/mol. The van der Waals surface area contributed by atoms with Gasteiger partial charge in [0.05, 0.1) is 11.5 Å². The van der Waals surface area contributed by atoms with Crippen LogP contribution in [0.2, 0.25) is 0 Å². The van der Waals surface area contributed by atoms with Gasteiger partial charge in [-0.05, 0) is 18.0 Å². The van der Waals surface area contributed by atoms with E-state index in [0.717, 1.165) is 12.1 Å². The fraction of sp³-hybridized carbons (Fsp3) is 0.571. The number of nitrogens with one attached hydrogen (secondary N) is 1. The molecule has 0 saturated heterocycles. The highest BCUT2D eigenvalue weighted by molar-refractivity contribution is 7.90. The molecule has 0 aliphatic carbocycles. The van der Waals surface area contributed by atoms with Crippen LogP contribution in [-0.2, 0) is 15.6 Å². The average Bonchev–Trinajstić information content (AvgIpc) is 2.28. The van der Waals surface area contributed by atoms with Crippen LogP contribution in [0.5, 0.6) is 0 Å². The quantitative estimate of drug-likeness (QED) is 0.825. The van der Waals surface area contributed by atoms with Gasteiger partial charge in [-0.3, -0.25) is 0 Å². The lowest BCUT2D eigenvalue weighted by molar-refractivity contribution is 0.434. The molecule has 4 heteroatoms. The van der Waals surface area contributed by atoms with Crippen molar-refractivity contribution in [1.29, 1.82) is 0 Å². The van der Waals surface area contributed by atoms with Crippen molar-refractivity contribution < 1.29 is 8.42 Å². The highest BCUT2D eigenvalue weighted by atomic mass is 32.2. The predicted octanol–water partition coefficient (Wildman–Crippen LogP) is 2.24. The van der Waals surface area contributed by atoms with Crippen LogP contribution in [0, 0.1) is 5.92 Å². The molecule has 0 radical (unpaired) electrons. The summed E-state index contributed by atoms with van der Waals surface area (Å²) in [5.74, 6) is 0.644. The highest BCUT2D eigenvalue weighted by Gasteiger charge is 2.21. The number of benzene rings is 1. The zero-order chi connectivity index (χ0) is 13.6. The Morgan fingerprint density at radius 3 is 2.28 bits per heavy atom. The summed E-state index contributed by atoms with van der Waals surface area (Å²) in [6.45, 7) is 6.89. The summed E-state index contributed by atoms with van der Waals surface area (Å²) in [5, 5.41) is 3.24. The summed E-state index contributed by atoms with van der Waals surface area (Å²) in [7, 11) is -3.06. The van der Waals surface area contributed by atoms with Gasteiger partial charge in [0.1, 0.15) is 0 Å². The number of rotatable bonds is 7. The van der Waals surface area contributed by atoms with E-state index in [1.807, 2.05) is 51.1 Å². The van der Waals surface area contributed by atoms with Crippen LogP contribution in [0.25, 0.3) is 0 Å². The zero-order valence-electron chi connectivity index (χ0n) is 11.4. The van der Waals surface area contributed by atoms with E-state index in [9.17, 15) is 8.42 Å². The maximum Gasteiger partial charge on any atom is 0.155 e. The Labute approximate surface area is 111 Å². The minimum Gasteiger partial charge on any atom is -0.313 e. The molecule has 0 spiro atoms. The van der Waals surface area contributed by atoms with Crippen molar-refractivity contribution in [3.8, 4) is 0 Å². The molecule has 1 N–H and O–H groups in total. The van der Waals surface area contributed by atoms with Gasteiger partial charge < -0.3 is 5.32 Å². The molecule has 0 heterocycles. The molecule has 0 bridgehead atoms. The summed E-state index contributed by atoms with van der Waals surface area (Å²) < 4.78 is 24.3. The molecule has 0 aliphatic rings. The van der Waals surface area contributed by atoms with Crippen molar-refractivity contribution >= 4 is 9.84 Å². The number of hydrogen-bond donors (Lipinski definition) is 1. The van der Waals surface area contributed by atoms with E-state index in [4.69, 9.17) is 0 Å². The SMILES string of the molecule is CCNC(CS(=O)(=O)Cc1ccccc1)C(C)C. The maximum absolute atomic E-state index is 12.1. The molecule has 18 heavy (non-hydrogen) atoms. The van der Waals surface area contributed by atoms with Crippen molar-refractivity contribution in [2.45, 2.75) is 32.6 Å². The van der Waals surface area contributed by atoms with Crippen LogP contribution in [0.3, 0.4) is 0 Å². The Morgan fingerprint density at radius 2 is 1.78 bits per heavy atom. The molecule has 0 saturated carbocycles. The Morgan fingerprint density at radius 1 is 1.17 bits per heavy atom.